The highest BCUT2D eigenvalue weighted by Gasteiger charge is 2.31. The topological polar surface area (TPSA) is 38.0 Å². The van der Waals surface area contributed by atoms with Crippen molar-refractivity contribution in [1.82, 2.24) is 0 Å². The van der Waals surface area contributed by atoms with E-state index < -0.39 is 0 Å². The van der Waals surface area contributed by atoms with E-state index in [-0.39, 0.29) is 0 Å². The van der Waals surface area contributed by atoms with Crippen molar-refractivity contribution < 1.29 is 0 Å². The Hall–Kier alpha value is -0.700. The van der Waals surface area contributed by atoms with Crippen molar-refractivity contribution >= 4 is 27.3 Å². The Morgan fingerprint density at radius 3 is 2.73 bits per heavy atom. The summed E-state index contributed by atoms with van der Waals surface area (Å²) in [6.07, 6.45) is 4.03. The second-order valence-corrected chi connectivity index (χ2v) is 5.67. The molecule has 2 rings (SSSR count). The molecule has 0 amide bonds. The lowest BCUT2D eigenvalue weighted by Crippen LogP contribution is -2.33. The molecule has 0 spiro atoms. The van der Waals surface area contributed by atoms with Crippen LogP contribution in [0.1, 0.15) is 26.2 Å². The van der Waals surface area contributed by atoms with Crippen molar-refractivity contribution in [3.05, 3.63) is 22.7 Å². The number of rotatable bonds is 3. The van der Waals surface area contributed by atoms with E-state index in [4.69, 9.17) is 5.73 Å². The van der Waals surface area contributed by atoms with Gasteiger partial charge in [0.2, 0.25) is 0 Å². The molecule has 1 saturated carbocycles. The van der Waals surface area contributed by atoms with Gasteiger partial charge in [0.25, 0.3) is 0 Å². The van der Waals surface area contributed by atoms with E-state index in [0.29, 0.717) is 5.41 Å². The Morgan fingerprint density at radius 2 is 2.20 bits per heavy atom. The molecular weight excluding hydrogens is 252 g/mol. The quantitative estimate of drug-likeness (QED) is 0.822. The smallest absolute Gasteiger partial charge is 0.0574 e. The fourth-order valence-corrected chi connectivity index (χ4v) is 2.34. The number of hydrogen-bond donors (Lipinski definition) is 2. The SMILES string of the molecule is CC1(CNc2ccc(Br)cc2N)CCC1. The Balaban J connectivity index is 1.98. The number of halogens is 1. The summed E-state index contributed by atoms with van der Waals surface area (Å²) in [5, 5.41) is 3.44. The van der Waals surface area contributed by atoms with Crippen molar-refractivity contribution in [1.29, 1.82) is 0 Å². The molecule has 0 saturated heterocycles. The molecule has 82 valence electrons. The van der Waals surface area contributed by atoms with Crippen molar-refractivity contribution in [2.24, 2.45) is 5.41 Å². The van der Waals surface area contributed by atoms with Crippen molar-refractivity contribution in [3.63, 3.8) is 0 Å². The Labute approximate surface area is 99.4 Å². The molecule has 15 heavy (non-hydrogen) atoms. The molecule has 0 radical (unpaired) electrons. The minimum atomic E-state index is 0.486. The van der Waals surface area contributed by atoms with E-state index in [1.165, 1.54) is 19.3 Å². The van der Waals surface area contributed by atoms with Gasteiger partial charge in [-0.05, 0) is 36.5 Å². The third kappa shape index (κ3) is 2.46. The van der Waals surface area contributed by atoms with Crippen LogP contribution in [-0.4, -0.2) is 6.54 Å². The maximum atomic E-state index is 5.92. The number of nitrogen functional groups attached to an aromatic ring is 1. The Bertz CT molecular complexity index is 359. The van der Waals surface area contributed by atoms with Gasteiger partial charge in [-0.15, -0.1) is 0 Å². The summed E-state index contributed by atoms with van der Waals surface area (Å²) >= 11 is 3.40. The van der Waals surface area contributed by atoms with E-state index in [0.717, 1.165) is 22.4 Å². The first-order chi connectivity index (χ1) is 7.09. The van der Waals surface area contributed by atoms with Crippen molar-refractivity contribution in [2.75, 3.05) is 17.6 Å². The van der Waals surface area contributed by atoms with E-state index >= 15 is 0 Å². The summed E-state index contributed by atoms with van der Waals surface area (Å²) in [5.74, 6) is 0. The predicted molar refractivity (Wildman–Crippen MR) is 69.0 cm³/mol. The lowest BCUT2D eigenvalue weighted by atomic mass is 9.70. The molecule has 3 N–H and O–H groups in total. The second kappa shape index (κ2) is 4.05. The highest BCUT2D eigenvalue weighted by atomic mass is 79.9. The van der Waals surface area contributed by atoms with Crippen LogP contribution < -0.4 is 11.1 Å². The minimum absolute atomic E-state index is 0.486. The van der Waals surface area contributed by atoms with E-state index in [1.807, 2.05) is 18.2 Å². The van der Waals surface area contributed by atoms with Crippen molar-refractivity contribution in [3.8, 4) is 0 Å². The standard InChI is InChI=1S/C12H17BrN2/c1-12(5-2-6-12)8-15-11-4-3-9(13)7-10(11)14/h3-4,7,15H,2,5-6,8,14H2,1H3. The van der Waals surface area contributed by atoms with Crippen LogP contribution in [0.4, 0.5) is 11.4 Å². The van der Waals surface area contributed by atoms with Crippen LogP contribution in [0.3, 0.4) is 0 Å². The van der Waals surface area contributed by atoms with Crippen LogP contribution in [0.5, 0.6) is 0 Å². The number of hydrogen-bond acceptors (Lipinski definition) is 2. The van der Waals surface area contributed by atoms with E-state index in [2.05, 4.69) is 28.2 Å². The Kier molecular flexibility index (Phi) is 2.91. The lowest BCUT2D eigenvalue weighted by molar-refractivity contribution is 0.180. The molecule has 0 atom stereocenters. The molecule has 2 nitrogen and oxygen atoms in total. The summed E-state index contributed by atoms with van der Waals surface area (Å²) in [5.41, 5.74) is 8.26. The average molecular weight is 269 g/mol. The van der Waals surface area contributed by atoms with Gasteiger partial charge < -0.3 is 11.1 Å². The van der Waals surface area contributed by atoms with Gasteiger partial charge >= 0.3 is 0 Å². The summed E-state index contributed by atoms with van der Waals surface area (Å²) in [6, 6.07) is 5.98. The van der Waals surface area contributed by atoms with Gasteiger partial charge in [-0.25, -0.2) is 0 Å². The first-order valence-electron chi connectivity index (χ1n) is 5.38. The van der Waals surface area contributed by atoms with Gasteiger partial charge in [-0.2, -0.15) is 0 Å². The van der Waals surface area contributed by atoms with Crippen LogP contribution in [-0.2, 0) is 0 Å². The van der Waals surface area contributed by atoms with Gasteiger partial charge in [-0.3, -0.25) is 0 Å². The molecule has 1 aromatic rings. The summed E-state index contributed by atoms with van der Waals surface area (Å²) in [6.45, 7) is 3.36. The average Bonchev–Trinajstić information content (AvgIpc) is 2.14. The maximum absolute atomic E-state index is 5.92. The zero-order chi connectivity index (χ0) is 10.9. The summed E-state index contributed by atoms with van der Waals surface area (Å²) in [4.78, 5) is 0. The molecule has 0 aromatic heterocycles. The fraction of sp³-hybridized carbons (Fsp3) is 0.500. The van der Waals surface area contributed by atoms with Crippen molar-refractivity contribution in [2.45, 2.75) is 26.2 Å². The third-order valence-corrected chi connectivity index (χ3v) is 3.77. The molecule has 1 aromatic carbocycles. The van der Waals surface area contributed by atoms with Crippen LogP contribution >= 0.6 is 15.9 Å². The van der Waals surface area contributed by atoms with Crippen LogP contribution in [0.2, 0.25) is 0 Å². The minimum Gasteiger partial charge on any atom is -0.397 e. The zero-order valence-corrected chi connectivity index (χ0v) is 10.6. The van der Waals surface area contributed by atoms with E-state index in [1.54, 1.807) is 0 Å². The van der Waals surface area contributed by atoms with Gasteiger partial charge in [0.05, 0.1) is 11.4 Å². The zero-order valence-electron chi connectivity index (χ0n) is 9.02. The Morgan fingerprint density at radius 1 is 1.47 bits per heavy atom. The fourth-order valence-electron chi connectivity index (χ4n) is 1.96. The normalized spacial score (nSPS) is 18.3. The first-order valence-corrected chi connectivity index (χ1v) is 6.17. The molecule has 0 unspecified atom stereocenters. The van der Waals surface area contributed by atoms with Gasteiger partial charge in [0, 0.05) is 11.0 Å². The second-order valence-electron chi connectivity index (χ2n) is 4.75. The molecule has 0 heterocycles. The van der Waals surface area contributed by atoms with Crippen LogP contribution in [0.25, 0.3) is 0 Å². The highest BCUT2D eigenvalue weighted by molar-refractivity contribution is 9.10. The summed E-state index contributed by atoms with van der Waals surface area (Å²) < 4.78 is 1.03. The number of nitrogens with two attached hydrogens (primary N) is 1. The van der Waals surface area contributed by atoms with Crippen LogP contribution in [0.15, 0.2) is 22.7 Å². The lowest BCUT2D eigenvalue weighted by Gasteiger charge is -2.38. The molecule has 1 aliphatic rings. The van der Waals surface area contributed by atoms with Crippen LogP contribution in [0, 0.1) is 5.41 Å². The number of anilines is 2. The predicted octanol–water partition coefficient (Wildman–Crippen LogP) is 3.63. The molecule has 1 fully saturated rings. The third-order valence-electron chi connectivity index (χ3n) is 3.28. The largest absolute Gasteiger partial charge is 0.397 e. The first kappa shape index (κ1) is 10.8. The van der Waals surface area contributed by atoms with Gasteiger partial charge in [-0.1, -0.05) is 29.3 Å². The van der Waals surface area contributed by atoms with Gasteiger partial charge in [0.1, 0.15) is 0 Å². The monoisotopic (exact) mass is 268 g/mol. The molecule has 1 aliphatic carbocycles. The molecular formula is C12H17BrN2. The number of nitrogens with one attached hydrogen (secondary N) is 1. The molecule has 3 heteroatoms. The maximum Gasteiger partial charge on any atom is 0.0574 e. The van der Waals surface area contributed by atoms with E-state index in [9.17, 15) is 0 Å². The molecule has 0 aliphatic heterocycles. The summed E-state index contributed by atoms with van der Waals surface area (Å²) in [7, 11) is 0. The highest BCUT2D eigenvalue weighted by Crippen LogP contribution is 2.40. The number of benzene rings is 1. The molecule has 0 bridgehead atoms. The van der Waals surface area contributed by atoms with Gasteiger partial charge in [0.15, 0.2) is 0 Å².